The Morgan fingerprint density at radius 1 is 1.08 bits per heavy atom. The van der Waals surface area contributed by atoms with Crippen LogP contribution in [-0.4, -0.2) is 89.0 Å². The molecule has 0 spiro atoms. The van der Waals surface area contributed by atoms with E-state index in [-0.39, 0.29) is 17.8 Å². The van der Waals surface area contributed by atoms with E-state index in [4.69, 9.17) is 9.94 Å². The zero-order valence-corrected chi connectivity index (χ0v) is 20.9. The zero-order valence-electron chi connectivity index (χ0n) is 20.9. The molecule has 2 heterocycles. The van der Waals surface area contributed by atoms with Crippen molar-refractivity contribution >= 4 is 11.6 Å². The molecule has 4 rings (SSSR count). The summed E-state index contributed by atoms with van der Waals surface area (Å²) in [6, 6.07) is 11.0. The third kappa shape index (κ3) is 7.01. The molecule has 0 aliphatic carbocycles. The van der Waals surface area contributed by atoms with Gasteiger partial charge < -0.3 is 19.8 Å². The number of hydrogen-bond donors (Lipinski definition) is 4. The number of benzene rings is 2. The van der Waals surface area contributed by atoms with Gasteiger partial charge in [0.2, 0.25) is 0 Å². The molecule has 2 aliphatic heterocycles. The van der Waals surface area contributed by atoms with Crippen molar-refractivity contribution in [3.05, 3.63) is 65.2 Å². The van der Waals surface area contributed by atoms with Crippen LogP contribution in [0.5, 0.6) is 0 Å². The maximum absolute atomic E-state index is 13.5. The number of aliphatic hydroxyl groups is 2. The largest absolute Gasteiger partial charge is 0.416 e. The third-order valence-electron chi connectivity index (χ3n) is 7.13. The van der Waals surface area contributed by atoms with Crippen molar-refractivity contribution < 1.29 is 38.1 Å². The van der Waals surface area contributed by atoms with Crippen LogP contribution < -0.4 is 10.4 Å². The van der Waals surface area contributed by atoms with Crippen molar-refractivity contribution in [2.75, 3.05) is 50.8 Å². The monoisotopic (exact) mass is 538 g/mol. The number of anilines is 1. The van der Waals surface area contributed by atoms with E-state index in [1.807, 2.05) is 0 Å². The molecular formula is C26H33F3N4O5. The normalized spacial score (nSPS) is 19.6. The Morgan fingerprint density at radius 2 is 1.74 bits per heavy atom. The van der Waals surface area contributed by atoms with E-state index in [9.17, 15) is 28.2 Å². The lowest BCUT2D eigenvalue weighted by molar-refractivity contribution is -0.137. The minimum Gasteiger partial charge on any atom is -0.388 e. The second-order valence-corrected chi connectivity index (χ2v) is 9.81. The van der Waals surface area contributed by atoms with Gasteiger partial charge in [0.15, 0.2) is 6.35 Å². The fraction of sp³-hybridized carbons (Fsp3) is 0.500. The van der Waals surface area contributed by atoms with Gasteiger partial charge in [0.05, 0.1) is 11.2 Å². The van der Waals surface area contributed by atoms with Crippen LogP contribution in [0.15, 0.2) is 48.5 Å². The number of aliphatic hydroxyl groups excluding tert-OH is 1. The first-order valence-corrected chi connectivity index (χ1v) is 12.5. The number of hydrogen-bond acceptors (Lipinski definition) is 8. The lowest BCUT2D eigenvalue weighted by Gasteiger charge is -2.44. The molecule has 2 aromatic rings. The summed E-state index contributed by atoms with van der Waals surface area (Å²) < 4.78 is 45.7. The van der Waals surface area contributed by atoms with Crippen LogP contribution in [0.1, 0.15) is 34.3 Å². The summed E-state index contributed by atoms with van der Waals surface area (Å²) in [5, 5.41) is 31.0. The number of hydroxylamine groups is 1. The molecular weight excluding hydrogens is 505 g/mol. The van der Waals surface area contributed by atoms with E-state index in [0.29, 0.717) is 64.3 Å². The lowest BCUT2D eigenvalue weighted by atomic mass is 9.93. The second kappa shape index (κ2) is 12.0. The Hall–Kier alpha value is -2.74. The number of β-amino-alcohol motifs (C(OH)–C–C–N with tert-alkyl or cyclic N) is 1. The smallest absolute Gasteiger partial charge is 0.388 e. The maximum Gasteiger partial charge on any atom is 0.416 e. The molecule has 208 valence electrons. The van der Waals surface area contributed by atoms with Gasteiger partial charge in [-0.3, -0.25) is 19.8 Å². The molecule has 1 unspecified atom stereocenters. The molecule has 9 nitrogen and oxygen atoms in total. The predicted molar refractivity (Wildman–Crippen MR) is 132 cm³/mol. The summed E-state index contributed by atoms with van der Waals surface area (Å²) in [5.74, 6) is -0.686. The number of rotatable bonds is 8. The average molecular weight is 539 g/mol. The van der Waals surface area contributed by atoms with Crippen molar-refractivity contribution in [1.29, 1.82) is 0 Å². The first-order valence-electron chi connectivity index (χ1n) is 12.5. The Kier molecular flexibility index (Phi) is 8.91. The van der Waals surface area contributed by atoms with Crippen molar-refractivity contribution in [2.45, 2.75) is 37.5 Å². The van der Waals surface area contributed by atoms with Crippen LogP contribution >= 0.6 is 0 Å². The highest BCUT2D eigenvalue weighted by Gasteiger charge is 2.35. The van der Waals surface area contributed by atoms with E-state index in [1.165, 1.54) is 29.2 Å². The summed E-state index contributed by atoms with van der Waals surface area (Å²) >= 11 is 0. The Morgan fingerprint density at radius 3 is 2.34 bits per heavy atom. The van der Waals surface area contributed by atoms with E-state index in [1.54, 1.807) is 22.5 Å². The van der Waals surface area contributed by atoms with E-state index < -0.39 is 29.6 Å². The van der Waals surface area contributed by atoms with Gasteiger partial charge in [-0.2, -0.15) is 13.2 Å². The summed E-state index contributed by atoms with van der Waals surface area (Å²) in [5.41, 5.74) is 0.986. The van der Waals surface area contributed by atoms with Crippen LogP contribution in [0.25, 0.3) is 0 Å². The first kappa shape index (κ1) is 28.3. The highest BCUT2D eigenvalue weighted by molar-refractivity contribution is 5.93. The Bertz CT molecular complexity index is 1070. The molecule has 4 N–H and O–H groups in total. The molecule has 0 aromatic heterocycles. The number of ether oxygens (including phenoxy) is 1. The van der Waals surface area contributed by atoms with Crippen LogP contribution in [0.3, 0.4) is 0 Å². The number of halogens is 3. The highest BCUT2D eigenvalue weighted by Crippen LogP contribution is 2.33. The van der Waals surface area contributed by atoms with Crippen molar-refractivity contribution in [2.24, 2.45) is 0 Å². The van der Waals surface area contributed by atoms with Gasteiger partial charge in [-0.25, -0.2) is 5.48 Å². The summed E-state index contributed by atoms with van der Waals surface area (Å²) in [6.07, 6.45) is -4.62. The van der Waals surface area contributed by atoms with Gasteiger partial charge in [0.1, 0.15) is 0 Å². The number of nitrogens with one attached hydrogen (secondary N) is 1. The average Bonchev–Trinajstić information content (AvgIpc) is 2.91. The van der Waals surface area contributed by atoms with Gasteiger partial charge in [-0.05, 0) is 35.9 Å². The quantitative estimate of drug-likeness (QED) is 0.230. The van der Waals surface area contributed by atoms with Crippen LogP contribution in [0, 0.1) is 0 Å². The number of carbonyl (C=O) groups is 1. The Labute approximate surface area is 219 Å². The number of alkyl halides is 3. The van der Waals surface area contributed by atoms with Gasteiger partial charge in [-0.15, -0.1) is 0 Å². The van der Waals surface area contributed by atoms with Gasteiger partial charge in [0, 0.05) is 76.6 Å². The van der Waals surface area contributed by atoms with E-state index in [2.05, 4.69) is 4.90 Å². The molecule has 2 fully saturated rings. The van der Waals surface area contributed by atoms with E-state index in [0.717, 1.165) is 12.1 Å². The fourth-order valence-electron chi connectivity index (χ4n) is 4.87. The second-order valence-electron chi connectivity index (χ2n) is 9.81. The minimum absolute atomic E-state index is 0.0729. The molecule has 1 atom stereocenters. The first-order chi connectivity index (χ1) is 18.1. The van der Waals surface area contributed by atoms with Crippen LogP contribution in [0.2, 0.25) is 0 Å². The number of piperazine rings is 1. The molecule has 2 aliphatic rings. The summed E-state index contributed by atoms with van der Waals surface area (Å²) in [6.45, 7) is 3.70. The fourth-order valence-corrected chi connectivity index (χ4v) is 4.87. The lowest BCUT2D eigenvalue weighted by Crippen LogP contribution is -2.58. The molecule has 2 saturated heterocycles. The molecule has 0 bridgehead atoms. The SMILES string of the molecule is O=C(NO)c1ccc(CN(c2cccc(C(F)(F)F)c2)C(O)N2CCN(CC3(O)CCOCC3)CC2)cc1. The number of amides is 1. The van der Waals surface area contributed by atoms with Crippen molar-refractivity contribution in [3.8, 4) is 0 Å². The molecule has 0 radical (unpaired) electrons. The minimum atomic E-state index is -4.54. The molecule has 0 saturated carbocycles. The predicted octanol–water partition coefficient (Wildman–Crippen LogP) is 2.27. The highest BCUT2D eigenvalue weighted by atomic mass is 19.4. The number of nitrogens with zero attached hydrogens (tertiary/aromatic N) is 3. The molecule has 38 heavy (non-hydrogen) atoms. The zero-order chi connectivity index (χ0) is 27.3. The van der Waals surface area contributed by atoms with Gasteiger partial charge in [-0.1, -0.05) is 18.2 Å². The summed E-state index contributed by atoms with van der Waals surface area (Å²) in [7, 11) is 0. The molecule has 1 amide bonds. The maximum atomic E-state index is 13.5. The van der Waals surface area contributed by atoms with Gasteiger partial charge in [0.25, 0.3) is 5.91 Å². The van der Waals surface area contributed by atoms with E-state index >= 15 is 0 Å². The molecule has 2 aromatic carbocycles. The third-order valence-corrected chi connectivity index (χ3v) is 7.13. The van der Waals surface area contributed by atoms with Crippen molar-refractivity contribution in [3.63, 3.8) is 0 Å². The summed E-state index contributed by atoms with van der Waals surface area (Å²) in [4.78, 5) is 17.0. The van der Waals surface area contributed by atoms with Gasteiger partial charge >= 0.3 is 6.18 Å². The number of carbonyl (C=O) groups excluding carboxylic acids is 1. The van der Waals surface area contributed by atoms with Crippen LogP contribution in [-0.2, 0) is 17.5 Å². The van der Waals surface area contributed by atoms with Crippen molar-refractivity contribution in [1.82, 2.24) is 15.3 Å². The standard InChI is InChI=1S/C26H33F3N4O5/c27-26(28,29)21-2-1-3-22(16-21)33(17-19-4-6-20(7-5-19)23(34)30-37)24(35)32-12-10-31(11-13-32)18-25(36)8-14-38-15-9-25/h1-7,16,24,35-37H,8-15,17-18H2,(H,30,34). The van der Waals surface area contributed by atoms with Crippen LogP contribution in [0.4, 0.5) is 18.9 Å². The molecule has 12 heteroatoms. The Balaban J connectivity index is 1.50. The topological polar surface area (TPSA) is 109 Å².